The number of hydrogen-bond acceptors (Lipinski definition) is 3. The lowest BCUT2D eigenvalue weighted by molar-refractivity contribution is -0.121. The zero-order valence-electron chi connectivity index (χ0n) is 13.7. The highest BCUT2D eigenvalue weighted by atomic mass is 16.5. The van der Waals surface area contributed by atoms with Crippen LogP contribution in [0.5, 0.6) is 0 Å². The summed E-state index contributed by atoms with van der Waals surface area (Å²) < 4.78 is 5.13. The molecule has 2 aromatic carbocycles. The Balaban J connectivity index is 1.65. The lowest BCUT2D eigenvalue weighted by Gasteiger charge is -2.14. The van der Waals surface area contributed by atoms with Crippen LogP contribution < -0.4 is 10.6 Å². The third-order valence-electron chi connectivity index (χ3n) is 3.40. The Kier molecular flexibility index (Phi) is 6.83. The summed E-state index contributed by atoms with van der Waals surface area (Å²) in [5, 5.41) is 5.49. The van der Waals surface area contributed by atoms with Crippen molar-refractivity contribution in [2.24, 2.45) is 0 Å². The average molecular weight is 326 g/mol. The van der Waals surface area contributed by atoms with Crippen LogP contribution in [0.3, 0.4) is 0 Å². The third-order valence-corrected chi connectivity index (χ3v) is 3.40. The molecule has 0 aliphatic carbocycles. The summed E-state index contributed by atoms with van der Waals surface area (Å²) in [6.07, 6.45) is -0.324. The molecule has 5 heteroatoms. The van der Waals surface area contributed by atoms with Gasteiger partial charge in [0.25, 0.3) is 0 Å². The highest BCUT2D eigenvalue weighted by Gasteiger charge is 2.12. The fourth-order valence-corrected chi connectivity index (χ4v) is 2.16. The highest BCUT2D eigenvalue weighted by Crippen LogP contribution is 2.02. The van der Waals surface area contributed by atoms with Crippen LogP contribution in [0, 0.1) is 0 Å². The number of carbonyl (C=O) groups excluding carboxylic acids is 2. The molecule has 0 aliphatic heterocycles. The van der Waals surface area contributed by atoms with Gasteiger partial charge in [0.2, 0.25) is 5.91 Å². The van der Waals surface area contributed by atoms with E-state index in [-0.39, 0.29) is 25.0 Å². The van der Waals surface area contributed by atoms with Gasteiger partial charge in [0.05, 0.1) is 0 Å². The van der Waals surface area contributed by atoms with Gasteiger partial charge in [-0.2, -0.15) is 0 Å². The number of amides is 2. The van der Waals surface area contributed by atoms with E-state index in [1.165, 1.54) is 0 Å². The Morgan fingerprint density at radius 1 is 0.958 bits per heavy atom. The molecule has 0 saturated carbocycles. The molecule has 1 atom stereocenters. The van der Waals surface area contributed by atoms with E-state index in [1.54, 1.807) is 6.92 Å². The summed E-state index contributed by atoms with van der Waals surface area (Å²) in [6, 6.07) is 18.8. The third kappa shape index (κ3) is 6.52. The molecule has 2 N–H and O–H groups in total. The average Bonchev–Trinajstić information content (AvgIpc) is 2.60. The zero-order chi connectivity index (χ0) is 17.2. The number of alkyl carbamates (subject to hydrolysis) is 1. The van der Waals surface area contributed by atoms with Gasteiger partial charge in [-0.05, 0) is 18.1 Å². The Hall–Kier alpha value is -2.82. The predicted molar refractivity (Wildman–Crippen MR) is 92.1 cm³/mol. The molecular formula is C19H22N2O3. The van der Waals surface area contributed by atoms with Gasteiger partial charge in [0.1, 0.15) is 6.61 Å². The number of rotatable bonds is 7. The Bertz CT molecular complexity index is 587. The molecule has 126 valence electrons. The number of benzene rings is 2. The fourth-order valence-electron chi connectivity index (χ4n) is 2.16. The van der Waals surface area contributed by atoms with E-state index in [0.29, 0.717) is 6.54 Å². The summed E-state index contributed by atoms with van der Waals surface area (Å²) in [4.78, 5) is 23.6. The second-order valence-corrected chi connectivity index (χ2v) is 5.57. The largest absolute Gasteiger partial charge is 0.445 e. The minimum absolute atomic E-state index is 0.116. The van der Waals surface area contributed by atoms with Gasteiger partial charge in [-0.15, -0.1) is 0 Å². The van der Waals surface area contributed by atoms with Gasteiger partial charge in [-0.25, -0.2) is 4.79 Å². The molecule has 0 bridgehead atoms. The van der Waals surface area contributed by atoms with Gasteiger partial charge < -0.3 is 15.4 Å². The van der Waals surface area contributed by atoms with Crippen LogP contribution in [0.15, 0.2) is 60.7 Å². The topological polar surface area (TPSA) is 67.4 Å². The van der Waals surface area contributed by atoms with Gasteiger partial charge in [-0.1, -0.05) is 60.7 Å². The van der Waals surface area contributed by atoms with E-state index in [0.717, 1.165) is 11.1 Å². The van der Waals surface area contributed by atoms with Crippen LogP contribution in [0.25, 0.3) is 0 Å². The molecule has 0 saturated heterocycles. The van der Waals surface area contributed by atoms with E-state index in [2.05, 4.69) is 10.6 Å². The first-order valence-electron chi connectivity index (χ1n) is 7.91. The van der Waals surface area contributed by atoms with Crippen LogP contribution in [0.4, 0.5) is 4.79 Å². The van der Waals surface area contributed by atoms with Crippen molar-refractivity contribution in [2.75, 3.05) is 0 Å². The second kappa shape index (κ2) is 9.35. The molecule has 2 aromatic rings. The molecule has 0 spiro atoms. The summed E-state index contributed by atoms with van der Waals surface area (Å²) in [6.45, 7) is 2.45. The molecule has 2 amide bonds. The molecule has 2 rings (SSSR count). The SMILES string of the molecule is C[C@@H](CC(=O)NCc1ccccc1)NC(=O)OCc1ccccc1. The lowest BCUT2D eigenvalue weighted by atomic mass is 10.2. The molecule has 0 aromatic heterocycles. The van der Waals surface area contributed by atoms with E-state index >= 15 is 0 Å². The van der Waals surface area contributed by atoms with Crippen molar-refractivity contribution in [3.8, 4) is 0 Å². The number of hydrogen-bond donors (Lipinski definition) is 2. The van der Waals surface area contributed by atoms with Crippen LogP contribution in [0.2, 0.25) is 0 Å². The van der Waals surface area contributed by atoms with Crippen LogP contribution in [-0.4, -0.2) is 18.0 Å². The monoisotopic (exact) mass is 326 g/mol. The molecule has 0 radical (unpaired) electrons. The quantitative estimate of drug-likeness (QED) is 0.822. The van der Waals surface area contributed by atoms with Crippen molar-refractivity contribution >= 4 is 12.0 Å². The minimum atomic E-state index is -0.526. The summed E-state index contributed by atoms with van der Waals surface area (Å²) in [5.41, 5.74) is 1.95. The normalized spacial score (nSPS) is 11.4. The first-order chi connectivity index (χ1) is 11.6. The highest BCUT2D eigenvalue weighted by molar-refractivity contribution is 5.77. The van der Waals surface area contributed by atoms with Crippen molar-refractivity contribution in [3.05, 3.63) is 71.8 Å². The van der Waals surface area contributed by atoms with Crippen LogP contribution >= 0.6 is 0 Å². The number of ether oxygens (including phenoxy) is 1. The van der Waals surface area contributed by atoms with E-state index in [9.17, 15) is 9.59 Å². The second-order valence-electron chi connectivity index (χ2n) is 5.57. The minimum Gasteiger partial charge on any atom is -0.445 e. The molecule has 0 unspecified atom stereocenters. The summed E-state index contributed by atoms with van der Waals surface area (Å²) in [5.74, 6) is -0.116. The van der Waals surface area contributed by atoms with Crippen molar-refractivity contribution in [2.45, 2.75) is 32.5 Å². The van der Waals surface area contributed by atoms with Gasteiger partial charge in [0.15, 0.2) is 0 Å². The standard InChI is InChI=1S/C19H22N2O3/c1-15(12-18(22)20-13-16-8-4-2-5-9-16)21-19(23)24-14-17-10-6-3-7-11-17/h2-11,15H,12-14H2,1H3,(H,20,22)(H,21,23)/t15-/m0/s1. The predicted octanol–water partition coefficient (Wildman–Crippen LogP) is 3.01. The van der Waals surface area contributed by atoms with E-state index < -0.39 is 6.09 Å². The summed E-state index contributed by atoms with van der Waals surface area (Å²) in [7, 11) is 0. The van der Waals surface area contributed by atoms with Gasteiger partial charge in [-0.3, -0.25) is 4.79 Å². The van der Waals surface area contributed by atoms with Crippen LogP contribution in [-0.2, 0) is 22.7 Å². The van der Waals surface area contributed by atoms with Gasteiger partial charge >= 0.3 is 6.09 Å². The van der Waals surface area contributed by atoms with Gasteiger partial charge in [0, 0.05) is 19.0 Å². The Labute approximate surface area is 142 Å². The lowest BCUT2D eigenvalue weighted by Crippen LogP contribution is -2.37. The van der Waals surface area contributed by atoms with E-state index in [1.807, 2.05) is 60.7 Å². The maximum Gasteiger partial charge on any atom is 0.407 e. The van der Waals surface area contributed by atoms with Crippen molar-refractivity contribution in [3.63, 3.8) is 0 Å². The molecule has 0 aliphatic rings. The molecular weight excluding hydrogens is 304 g/mol. The Morgan fingerprint density at radius 3 is 2.17 bits per heavy atom. The zero-order valence-corrected chi connectivity index (χ0v) is 13.7. The summed E-state index contributed by atoms with van der Waals surface area (Å²) >= 11 is 0. The maximum absolute atomic E-state index is 11.9. The van der Waals surface area contributed by atoms with Crippen molar-refractivity contribution < 1.29 is 14.3 Å². The van der Waals surface area contributed by atoms with Crippen molar-refractivity contribution in [1.82, 2.24) is 10.6 Å². The first-order valence-corrected chi connectivity index (χ1v) is 7.91. The van der Waals surface area contributed by atoms with Crippen LogP contribution in [0.1, 0.15) is 24.5 Å². The fraction of sp³-hybridized carbons (Fsp3) is 0.263. The smallest absolute Gasteiger partial charge is 0.407 e. The Morgan fingerprint density at radius 2 is 1.54 bits per heavy atom. The molecule has 5 nitrogen and oxygen atoms in total. The number of nitrogens with one attached hydrogen (secondary N) is 2. The maximum atomic E-state index is 11.9. The van der Waals surface area contributed by atoms with Crippen molar-refractivity contribution in [1.29, 1.82) is 0 Å². The first kappa shape index (κ1) is 17.5. The number of carbonyl (C=O) groups is 2. The molecule has 24 heavy (non-hydrogen) atoms. The molecule has 0 fully saturated rings. The molecule has 0 heterocycles. The van der Waals surface area contributed by atoms with E-state index in [4.69, 9.17) is 4.74 Å².